The van der Waals surface area contributed by atoms with E-state index in [0.29, 0.717) is 12.0 Å². The lowest BCUT2D eigenvalue weighted by atomic mass is 9.83. The van der Waals surface area contributed by atoms with E-state index in [2.05, 4.69) is 29.6 Å². The lowest BCUT2D eigenvalue weighted by molar-refractivity contribution is 0.232. The first kappa shape index (κ1) is 10.2. The van der Waals surface area contributed by atoms with Crippen molar-refractivity contribution in [2.75, 3.05) is 13.2 Å². The Hall–Kier alpha value is -1.02. The zero-order valence-corrected chi connectivity index (χ0v) is 9.61. The molecule has 2 atom stereocenters. The average Bonchev–Trinajstić information content (AvgIpc) is 2.39. The summed E-state index contributed by atoms with van der Waals surface area (Å²) in [5, 5.41) is 3.67. The van der Waals surface area contributed by atoms with Gasteiger partial charge < -0.3 is 10.1 Å². The summed E-state index contributed by atoms with van der Waals surface area (Å²) in [5.41, 5.74) is 1.41. The van der Waals surface area contributed by atoms with Gasteiger partial charge in [-0.2, -0.15) is 0 Å². The van der Waals surface area contributed by atoms with Crippen molar-refractivity contribution in [3.8, 4) is 5.75 Å². The number of benzene rings is 1. The standard InChI is InChI=1S/C14H19NO/c1-2-7-14-12(5-1)11(8-10-16-14)13-6-3-4-9-15-13/h1-2,5,7,11,13,15H,3-4,6,8-10H2/t11-,13-/m1/s1. The molecule has 1 fully saturated rings. The van der Waals surface area contributed by atoms with Gasteiger partial charge in [0.25, 0.3) is 0 Å². The molecule has 2 heterocycles. The summed E-state index contributed by atoms with van der Waals surface area (Å²) in [5.74, 6) is 1.76. The molecule has 16 heavy (non-hydrogen) atoms. The van der Waals surface area contributed by atoms with Crippen LogP contribution in [0.2, 0.25) is 0 Å². The summed E-state index contributed by atoms with van der Waals surface area (Å²) < 4.78 is 5.72. The van der Waals surface area contributed by atoms with Gasteiger partial charge in [0.2, 0.25) is 0 Å². The largest absolute Gasteiger partial charge is 0.493 e. The third kappa shape index (κ3) is 1.82. The van der Waals surface area contributed by atoms with Crippen LogP contribution in [0.5, 0.6) is 5.75 Å². The van der Waals surface area contributed by atoms with Gasteiger partial charge in [-0.3, -0.25) is 0 Å². The fourth-order valence-corrected chi connectivity index (χ4v) is 3.01. The third-order valence-corrected chi connectivity index (χ3v) is 3.84. The predicted molar refractivity (Wildman–Crippen MR) is 64.9 cm³/mol. The molecule has 3 rings (SSSR count). The van der Waals surface area contributed by atoms with Crippen molar-refractivity contribution in [1.29, 1.82) is 0 Å². The van der Waals surface area contributed by atoms with Gasteiger partial charge in [-0.15, -0.1) is 0 Å². The van der Waals surface area contributed by atoms with Crippen molar-refractivity contribution in [2.45, 2.75) is 37.6 Å². The number of hydrogen-bond donors (Lipinski definition) is 1. The summed E-state index contributed by atoms with van der Waals surface area (Å²) in [7, 11) is 0. The molecule has 0 spiro atoms. The van der Waals surface area contributed by atoms with Crippen molar-refractivity contribution in [3.05, 3.63) is 29.8 Å². The van der Waals surface area contributed by atoms with Gasteiger partial charge in [-0.05, 0) is 37.4 Å². The third-order valence-electron chi connectivity index (χ3n) is 3.84. The number of fused-ring (bicyclic) bond motifs is 1. The Balaban J connectivity index is 1.86. The van der Waals surface area contributed by atoms with Crippen LogP contribution < -0.4 is 10.1 Å². The molecule has 1 saturated heterocycles. The maximum absolute atomic E-state index is 5.72. The average molecular weight is 217 g/mol. The van der Waals surface area contributed by atoms with Gasteiger partial charge in [-0.1, -0.05) is 24.6 Å². The molecule has 0 bridgehead atoms. The smallest absolute Gasteiger partial charge is 0.122 e. The van der Waals surface area contributed by atoms with Gasteiger partial charge in [0.15, 0.2) is 0 Å². The molecule has 86 valence electrons. The zero-order valence-electron chi connectivity index (χ0n) is 9.61. The van der Waals surface area contributed by atoms with Gasteiger partial charge in [0.1, 0.15) is 5.75 Å². The van der Waals surface area contributed by atoms with E-state index >= 15 is 0 Å². The quantitative estimate of drug-likeness (QED) is 0.781. The molecule has 0 amide bonds. The lowest BCUT2D eigenvalue weighted by Gasteiger charge is -2.35. The highest BCUT2D eigenvalue weighted by Crippen LogP contribution is 2.37. The molecule has 0 saturated carbocycles. The fourth-order valence-electron chi connectivity index (χ4n) is 3.01. The van der Waals surface area contributed by atoms with Crippen LogP contribution in [0, 0.1) is 0 Å². The number of para-hydroxylation sites is 1. The first-order chi connectivity index (χ1) is 7.95. The van der Waals surface area contributed by atoms with E-state index in [1.54, 1.807) is 0 Å². The van der Waals surface area contributed by atoms with Crippen LogP contribution in [0.1, 0.15) is 37.2 Å². The van der Waals surface area contributed by atoms with Crippen molar-refractivity contribution in [1.82, 2.24) is 5.32 Å². The summed E-state index contributed by atoms with van der Waals surface area (Å²) in [6.07, 6.45) is 5.19. The van der Waals surface area contributed by atoms with Gasteiger partial charge in [-0.25, -0.2) is 0 Å². The zero-order chi connectivity index (χ0) is 10.8. The molecule has 1 aromatic carbocycles. The van der Waals surface area contributed by atoms with Crippen molar-refractivity contribution in [3.63, 3.8) is 0 Å². The molecule has 0 aromatic heterocycles. The van der Waals surface area contributed by atoms with Crippen LogP contribution in [0.25, 0.3) is 0 Å². The van der Waals surface area contributed by atoms with Crippen LogP contribution in [0.3, 0.4) is 0 Å². The molecular weight excluding hydrogens is 198 g/mol. The number of hydrogen-bond acceptors (Lipinski definition) is 2. The van der Waals surface area contributed by atoms with Gasteiger partial charge in [0, 0.05) is 12.0 Å². The Morgan fingerprint density at radius 3 is 2.94 bits per heavy atom. The second-order valence-electron chi connectivity index (χ2n) is 4.84. The first-order valence-corrected chi connectivity index (χ1v) is 6.40. The number of ether oxygens (including phenoxy) is 1. The van der Waals surface area contributed by atoms with Crippen molar-refractivity contribution in [2.24, 2.45) is 0 Å². The topological polar surface area (TPSA) is 21.3 Å². The van der Waals surface area contributed by atoms with Crippen molar-refractivity contribution < 1.29 is 4.74 Å². The van der Waals surface area contributed by atoms with E-state index < -0.39 is 0 Å². The maximum atomic E-state index is 5.72. The molecule has 2 aliphatic heterocycles. The van der Waals surface area contributed by atoms with Crippen LogP contribution in [-0.2, 0) is 0 Å². The van der Waals surface area contributed by atoms with Crippen LogP contribution in [-0.4, -0.2) is 19.2 Å². The Labute approximate surface area is 97.0 Å². The minimum Gasteiger partial charge on any atom is -0.493 e. The second-order valence-corrected chi connectivity index (χ2v) is 4.84. The minimum atomic E-state index is 0.658. The van der Waals surface area contributed by atoms with Crippen LogP contribution >= 0.6 is 0 Å². The molecule has 2 nitrogen and oxygen atoms in total. The molecule has 0 aliphatic carbocycles. The Morgan fingerprint density at radius 2 is 2.06 bits per heavy atom. The van der Waals surface area contributed by atoms with E-state index in [0.717, 1.165) is 18.8 Å². The highest BCUT2D eigenvalue weighted by Gasteiger charge is 2.29. The minimum absolute atomic E-state index is 0.658. The second kappa shape index (κ2) is 4.46. The van der Waals surface area contributed by atoms with E-state index in [9.17, 15) is 0 Å². The Morgan fingerprint density at radius 1 is 1.12 bits per heavy atom. The first-order valence-electron chi connectivity index (χ1n) is 6.40. The molecule has 2 heteroatoms. The Kier molecular flexibility index (Phi) is 2.83. The summed E-state index contributed by atoms with van der Waals surface area (Å²) >= 11 is 0. The summed E-state index contributed by atoms with van der Waals surface area (Å²) in [4.78, 5) is 0. The number of piperidine rings is 1. The normalized spacial score (nSPS) is 29.2. The number of nitrogens with one attached hydrogen (secondary N) is 1. The van der Waals surface area contributed by atoms with E-state index in [1.807, 2.05) is 0 Å². The Bertz CT molecular complexity index is 358. The van der Waals surface area contributed by atoms with E-state index in [4.69, 9.17) is 4.74 Å². The predicted octanol–water partition coefficient (Wildman–Crippen LogP) is 2.69. The summed E-state index contributed by atoms with van der Waals surface area (Å²) in [6, 6.07) is 9.19. The molecule has 0 unspecified atom stereocenters. The van der Waals surface area contributed by atoms with E-state index in [1.165, 1.54) is 31.4 Å². The fraction of sp³-hybridized carbons (Fsp3) is 0.571. The molecular formula is C14H19NO. The molecule has 1 N–H and O–H groups in total. The highest BCUT2D eigenvalue weighted by atomic mass is 16.5. The number of rotatable bonds is 1. The maximum Gasteiger partial charge on any atom is 0.122 e. The monoisotopic (exact) mass is 217 g/mol. The van der Waals surface area contributed by atoms with Gasteiger partial charge >= 0.3 is 0 Å². The van der Waals surface area contributed by atoms with Crippen molar-refractivity contribution >= 4 is 0 Å². The molecule has 1 aromatic rings. The highest BCUT2D eigenvalue weighted by molar-refractivity contribution is 5.38. The van der Waals surface area contributed by atoms with Crippen LogP contribution in [0.4, 0.5) is 0 Å². The molecule has 0 radical (unpaired) electrons. The summed E-state index contributed by atoms with van der Waals surface area (Å²) in [6.45, 7) is 2.06. The SMILES string of the molecule is c1ccc2c(c1)OCC[C@H]2[C@H]1CCCCN1. The lowest BCUT2D eigenvalue weighted by Crippen LogP contribution is -2.40. The van der Waals surface area contributed by atoms with Crippen LogP contribution in [0.15, 0.2) is 24.3 Å². The van der Waals surface area contributed by atoms with Gasteiger partial charge in [0.05, 0.1) is 6.61 Å². The van der Waals surface area contributed by atoms with E-state index in [-0.39, 0.29) is 0 Å². The molecule has 2 aliphatic rings.